The fraction of sp³-hybridized carbons (Fsp3) is 0.929. The Labute approximate surface area is 113 Å². The summed E-state index contributed by atoms with van der Waals surface area (Å²) in [6, 6.07) is 0. The van der Waals surface area contributed by atoms with Crippen LogP contribution in [-0.4, -0.2) is 17.3 Å². The van der Waals surface area contributed by atoms with E-state index in [4.69, 9.17) is 0 Å². The molecule has 2 aliphatic carbocycles. The highest BCUT2D eigenvalue weighted by atomic mass is 79.9. The molecule has 0 aromatic rings. The molecule has 3 heteroatoms. The van der Waals surface area contributed by atoms with Gasteiger partial charge in [-0.05, 0) is 38.0 Å². The summed E-state index contributed by atoms with van der Waals surface area (Å²) in [6.07, 6.45) is 11.1. The molecule has 0 aromatic heterocycles. The molecule has 0 spiro atoms. The van der Waals surface area contributed by atoms with Gasteiger partial charge in [-0.15, -0.1) is 0 Å². The summed E-state index contributed by atoms with van der Waals surface area (Å²) < 4.78 is 0. The maximum atomic E-state index is 12.0. The number of hydrogen-bond acceptors (Lipinski definition) is 1. The van der Waals surface area contributed by atoms with Crippen molar-refractivity contribution >= 4 is 21.8 Å². The number of nitrogens with one attached hydrogen (secondary N) is 1. The quantitative estimate of drug-likeness (QED) is 0.792. The number of halogens is 1. The third-order valence-electron chi connectivity index (χ3n) is 4.26. The van der Waals surface area contributed by atoms with Gasteiger partial charge in [0.25, 0.3) is 0 Å². The van der Waals surface area contributed by atoms with Crippen LogP contribution in [0.5, 0.6) is 0 Å². The molecule has 2 atom stereocenters. The molecule has 0 saturated heterocycles. The second-order valence-corrected chi connectivity index (χ2v) is 7.00. The third-order valence-corrected chi connectivity index (χ3v) is 5.09. The molecule has 2 aliphatic rings. The van der Waals surface area contributed by atoms with E-state index in [1.54, 1.807) is 0 Å². The van der Waals surface area contributed by atoms with Crippen LogP contribution in [0.4, 0.5) is 0 Å². The largest absolute Gasteiger partial charge is 0.356 e. The van der Waals surface area contributed by atoms with E-state index >= 15 is 0 Å². The molecule has 98 valence electrons. The van der Waals surface area contributed by atoms with Crippen molar-refractivity contribution in [2.24, 2.45) is 11.8 Å². The minimum absolute atomic E-state index is 0.312. The minimum Gasteiger partial charge on any atom is -0.356 e. The van der Waals surface area contributed by atoms with E-state index in [1.165, 1.54) is 44.9 Å². The van der Waals surface area contributed by atoms with Crippen LogP contribution in [0, 0.1) is 11.8 Å². The van der Waals surface area contributed by atoms with Gasteiger partial charge < -0.3 is 5.32 Å². The molecule has 0 aromatic carbocycles. The minimum atomic E-state index is 0.312. The van der Waals surface area contributed by atoms with Crippen molar-refractivity contribution in [3.05, 3.63) is 0 Å². The number of rotatable bonds is 3. The highest BCUT2D eigenvalue weighted by Crippen LogP contribution is 2.29. The summed E-state index contributed by atoms with van der Waals surface area (Å²) in [6.45, 7) is 0.900. The molecule has 1 N–H and O–H groups in total. The highest BCUT2D eigenvalue weighted by Gasteiger charge is 2.23. The third kappa shape index (κ3) is 4.27. The van der Waals surface area contributed by atoms with Gasteiger partial charge in [-0.3, -0.25) is 4.79 Å². The van der Waals surface area contributed by atoms with Crippen LogP contribution >= 0.6 is 15.9 Å². The summed E-state index contributed by atoms with van der Waals surface area (Å²) in [7, 11) is 0. The lowest BCUT2D eigenvalue weighted by Gasteiger charge is -2.27. The van der Waals surface area contributed by atoms with Crippen molar-refractivity contribution in [1.82, 2.24) is 5.32 Å². The molecule has 17 heavy (non-hydrogen) atoms. The Morgan fingerprint density at radius 3 is 2.53 bits per heavy atom. The molecule has 2 rings (SSSR count). The fourth-order valence-electron chi connectivity index (χ4n) is 3.16. The van der Waals surface area contributed by atoms with E-state index in [1.807, 2.05) is 0 Å². The van der Waals surface area contributed by atoms with Gasteiger partial charge in [0.2, 0.25) is 5.91 Å². The molecule has 0 aliphatic heterocycles. The second kappa shape index (κ2) is 6.77. The number of amides is 1. The van der Waals surface area contributed by atoms with E-state index in [2.05, 4.69) is 21.2 Å². The number of hydrogen-bond donors (Lipinski definition) is 1. The Bertz CT molecular complexity index is 251. The number of alkyl halides is 1. The predicted octanol–water partition coefficient (Wildman–Crippen LogP) is 3.64. The molecule has 2 fully saturated rings. The Morgan fingerprint density at radius 2 is 1.82 bits per heavy atom. The highest BCUT2D eigenvalue weighted by molar-refractivity contribution is 9.09. The summed E-state index contributed by atoms with van der Waals surface area (Å²) >= 11 is 3.70. The summed E-state index contributed by atoms with van der Waals surface area (Å²) in [5.74, 6) is 1.33. The lowest BCUT2D eigenvalue weighted by molar-refractivity contribution is -0.126. The fourth-order valence-corrected chi connectivity index (χ4v) is 4.02. The molecule has 0 bridgehead atoms. The molecule has 2 saturated carbocycles. The van der Waals surface area contributed by atoms with Crippen molar-refractivity contribution in [3.8, 4) is 0 Å². The Balaban J connectivity index is 1.68. The van der Waals surface area contributed by atoms with Crippen molar-refractivity contribution in [2.75, 3.05) is 6.54 Å². The molecular weight excluding hydrogens is 278 g/mol. The van der Waals surface area contributed by atoms with Gasteiger partial charge in [0.05, 0.1) is 0 Å². The normalized spacial score (nSPS) is 31.1. The monoisotopic (exact) mass is 301 g/mol. The van der Waals surface area contributed by atoms with Crippen LogP contribution in [0.25, 0.3) is 0 Å². The SMILES string of the molecule is O=C(NCC1CCCC(Br)C1)C1CCCCC1. The smallest absolute Gasteiger partial charge is 0.223 e. The molecule has 1 amide bonds. The first-order valence-corrected chi connectivity index (χ1v) is 8.09. The standard InChI is InChI=1S/C14H24BrNO/c15-13-8-4-5-11(9-13)10-16-14(17)12-6-2-1-3-7-12/h11-13H,1-10H2,(H,16,17). The molecule has 2 nitrogen and oxygen atoms in total. The van der Waals surface area contributed by atoms with Gasteiger partial charge >= 0.3 is 0 Å². The first-order valence-electron chi connectivity index (χ1n) is 7.17. The predicted molar refractivity (Wildman–Crippen MR) is 74.3 cm³/mol. The van der Waals surface area contributed by atoms with Crippen molar-refractivity contribution in [3.63, 3.8) is 0 Å². The molecule has 2 unspecified atom stereocenters. The second-order valence-electron chi connectivity index (χ2n) is 5.71. The Kier molecular flexibility index (Phi) is 5.33. The van der Waals surface area contributed by atoms with Gasteiger partial charge in [-0.25, -0.2) is 0 Å². The van der Waals surface area contributed by atoms with Gasteiger partial charge in [0.1, 0.15) is 0 Å². The molecule has 0 radical (unpaired) electrons. The molecular formula is C14H24BrNO. The van der Waals surface area contributed by atoms with E-state index in [0.29, 0.717) is 22.6 Å². The zero-order chi connectivity index (χ0) is 12.1. The van der Waals surface area contributed by atoms with Gasteiger partial charge in [-0.2, -0.15) is 0 Å². The first kappa shape index (κ1) is 13.4. The zero-order valence-corrected chi connectivity index (χ0v) is 12.2. The lowest BCUT2D eigenvalue weighted by Crippen LogP contribution is -2.36. The van der Waals surface area contributed by atoms with Gasteiger partial charge in [-0.1, -0.05) is 41.6 Å². The number of carbonyl (C=O) groups excluding carboxylic acids is 1. The van der Waals surface area contributed by atoms with Crippen LogP contribution in [0.15, 0.2) is 0 Å². The summed E-state index contributed by atoms with van der Waals surface area (Å²) in [4.78, 5) is 12.7. The average Bonchev–Trinajstić information content (AvgIpc) is 2.37. The van der Waals surface area contributed by atoms with Gasteiger partial charge in [0.15, 0.2) is 0 Å². The lowest BCUT2D eigenvalue weighted by atomic mass is 9.87. The van der Waals surface area contributed by atoms with E-state index in [-0.39, 0.29) is 0 Å². The topological polar surface area (TPSA) is 29.1 Å². The van der Waals surface area contributed by atoms with Crippen molar-refractivity contribution in [2.45, 2.75) is 62.6 Å². The van der Waals surface area contributed by atoms with Crippen LogP contribution in [0.1, 0.15) is 57.8 Å². The maximum Gasteiger partial charge on any atom is 0.223 e. The maximum absolute atomic E-state index is 12.0. The first-order chi connectivity index (χ1) is 8.25. The van der Waals surface area contributed by atoms with Crippen molar-refractivity contribution < 1.29 is 4.79 Å². The summed E-state index contributed by atoms with van der Waals surface area (Å²) in [5.41, 5.74) is 0. The van der Waals surface area contributed by atoms with E-state index < -0.39 is 0 Å². The zero-order valence-electron chi connectivity index (χ0n) is 10.6. The average molecular weight is 302 g/mol. The molecule has 0 heterocycles. The Morgan fingerprint density at radius 1 is 1.06 bits per heavy atom. The van der Waals surface area contributed by atoms with E-state index in [0.717, 1.165) is 19.4 Å². The van der Waals surface area contributed by atoms with Crippen LogP contribution in [-0.2, 0) is 4.79 Å². The Hall–Kier alpha value is -0.0500. The van der Waals surface area contributed by atoms with Crippen LogP contribution < -0.4 is 5.32 Å². The van der Waals surface area contributed by atoms with Crippen LogP contribution in [0.2, 0.25) is 0 Å². The van der Waals surface area contributed by atoms with E-state index in [9.17, 15) is 4.79 Å². The van der Waals surface area contributed by atoms with Gasteiger partial charge in [0, 0.05) is 17.3 Å². The number of carbonyl (C=O) groups is 1. The summed E-state index contributed by atoms with van der Waals surface area (Å²) in [5, 5.41) is 3.18. The van der Waals surface area contributed by atoms with Crippen molar-refractivity contribution in [1.29, 1.82) is 0 Å². The van der Waals surface area contributed by atoms with Crippen LogP contribution in [0.3, 0.4) is 0 Å².